The van der Waals surface area contributed by atoms with Gasteiger partial charge in [-0.1, -0.05) is 23.5 Å². The van der Waals surface area contributed by atoms with Gasteiger partial charge in [-0.05, 0) is 6.07 Å². The van der Waals surface area contributed by atoms with Crippen LogP contribution in [-0.4, -0.2) is 15.1 Å². The quantitative estimate of drug-likeness (QED) is 0.496. The molecule has 0 saturated heterocycles. The van der Waals surface area contributed by atoms with Gasteiger partial charge < -0.3 is 0 Å². The third kappa shape index (κ3) is 1.97. The first-order chi connectivity index (χ1) is 7.18. The van der Waals surface area contributed by atoms with Crippen LogP contribution in [0.1, 0.15) is 0 Å². The van der Waals surface area contributed by atoms with Crippen molar-refractivity contribution in [3.8, 4) is 10.6 Å². The molecule has 7 heteroatoms. The molecule has 15 heavy (non-hydrogen) atoms. The Hall–Kier alpha value is -1.47. The van der Waals surface area contributed by atoms with Gasteiger partial charge in [-0.25, -0.2) is 0 Å². The Morgan fingerprint density at radius 1 is 1.33 bits per heavy atom. The first-order valence-corrected chi connectivity index (χ1v) is 5.21. The van der Waals surface area contributed by atoms with Crippen molar-refractivity contribution in [3.63, 3.8) is 0 Å². The first kappa shape index (κ1) is 10.1. The summed E-state index contributed by atoms with van der Waals surface area (Å²) in [5, 5.41) is 18.8. The number of nitro groups is 1. The van der Waals surface area contributed by atoms with Gasteiger partial charge in [-0.15, -0.1) is 22.8 Å². The highest BCUT2D eigenvalue weighted by atomic mass is 32.2. The summed E-state index contributed by atoms with van der Waals surface area (Å²) in [5.74, 6) is 0. The molecule has 0 N–H and O–H groups in total. The topological polar surface area (TPSA) is 68.9 Å². The fraction of sp³-hybridized carbons (Fsp3) is 0. The molecule has 76 valence electrons. The molecular weight excluding hydrogens is 234 g/mol. The zero-order chi connectivity index (χ0) is 10.8. The molecule has 0 bridgehead atoms. The van der Waals surface area contributed by atoms with E-state index in [-0.39, 0.29) is 5.69 Å². The highest BCUT2D eigenvalue weighted by Crippen LogP contribution is 2.32. The van der Waals surface area contributed by atoms with Crippen molar-refractivity contribution in [2.24, 2.45) is 0 Å². The number of hydrogen-bond donors (Lipinski definition) is 1. The van der Waals surface area contributed by atoms with Crippen molar-refractivity contribution in [1.29, 1.82) is 0 Å². The van der Waals surface area contributed by atoms with Gasteiger partial charge >= 0.3 is 0 Å². The Bertz CT molecular complexity index is 512. The van der Waals surface area contributed by atoms with Crippen molar-refractivity contribution in [2.75, 3.05) is 0 Å². The molecule has 2 aromatic rings. The number of hydrogen-bond acceptors (Lipinski definition) is 6. The highest BCUT2D eigenvalue weighted by Gasteiger charge is 2.17. The lowest BCUT2D eigenvalue weighted by Gasteiger charge is -1.96. The Morgan fingerprint density at radius 2 is 2.07 bits per heavy atom. The minimum absolute atomic E-state index is 0.0296. The fourth-order valence-electron chi connectivity index (χ4n) is 1.14. The van der Waals surface area contributed by atoms with Gasteiger partial charge in [0.25, 0.3) is 5.69 Å². The lowest BCUT2D eigenvalue weighted by molar-refractivity contribution is -0.384. The van der Waals surface area contributed by atoms with Crippen LogP contribution >= 0.6 is 24.0 Å². The maximum absolute atomic E-state index is 10.7. The Balaban J connectivity index is 2.57. The Morgan fingerprint density at radius 3 is 2.67 bits per heavy atom. The fourth-order valence-corrected chi connectivity index (χ4v) is 2.06. The molecule has 1 heterocycles. The van der Waals surface area contributed by atoms with E-state index in [4.69, 9.17) is 0 Å². The second-order valence-electron chi connectivity index (χ2n) is 2.66. The number of nitrogens with zero attached hydrogens (tertiary/aromatic N) is 3. The van der Waals surface area contributed by atoms with Crippen LogP contribution in [0, 0.1) is 10.1 Å². The molecule has 0 fully saturated rings. The van der Waals surface area contributed by atoms with Gasteiger partial charge in [0.15, 0.2) is 9.35 Å². The molecular formula is C8H5N3O2S2. The molecule has 0 radical (unpaired) electrons. The highest BCUT2D eigenvalue weighted by molar-refractivity contribution is 7.82. The van der Waals surface area contributed by atoms with Crippen LogP contribution in [0.2, 0.25) is 0 Å². The summed E-state index contributed by atoms with van der Waals surface area (Å²) in [7, 11) is 0. The molecule has 5 nitrogen and oxygen atoms in total. The summed E-state index contributed by atoms with van der Waals surface area (Å²) in [6.45, 7) is 0. The monoisotopic (exact) mass is 239 g/mol. The number of rotatable bonds is 2. The van der Waals surface area contributed by atoms with E-state index in [1.165, 1.54) is 17.4 Å². The summed E-state index contributed by atoms with van der Waals surface area (Å²) in [6.07, 6.45) is 0. The summed E-state index contributed by atoms with van der Waals surface area (Å²) in [5.41, 5.74) is 0.502. The van der Waals surface area contributed by atoms with Gasteiger partial charge in [0.05, 0.1) is 10.5 Å². The van der Waals surface area contributed by atoms with E-state index in [9.17, 15) is 10.1 Å². The van der Waals surface area contributed by atoms with E-state index in [2.05, 4.69) is 22.8 Å². The Labute approximate surface area is 94.3 Å². The lowest BCUT2D eigenvalue weighted by Crippen LogP contribution is -1.90. The van der Waals surface area contributed by atoms with Crippen LogP contribution in [0.3, 0.4) is 0 Å². The molecule has 1 aromatic carbocycles. The van der Waals surface area contributed by atoms with Crippen LogP contribution < -0.4 is 0 Å². The van der Waals surface area contributed by atoms with Crippen molar-refractivity contribution in [2.45, 2.75) is 4.34 Å². The first-order valence-electron chi connectivity index (χ1n) is 3.95. The molecule has 1 aromatic heterocycles. The van der Waals surface area contributed by atoms with Crippen LogP contribution in [0.4, 0.5) is 5.69 Å². The molecule has 0 saturated carbocycles. The predicted octanol–water partition coefficient (Wildman–Crippen LogP) is 2.40. The largest absolute Gasteiger partial charge is 0.279 e. The van der Waals surface area contributed by atoms with Gasteiger partial charge in [0, 0.05) is 6.07 Å². The summed E-state index contributed by atoms with van der Waals surface area (Å²) < 4.78 is 0.489. The number of aromatic nitrogens is 2. The zero-order valence-corrected chi connectivity index (χ0v) is 9.03. The SMILES string of the molecule is O=[N+]([O-])c1ccccc1-c1nnc(S)s1. The van der Waals surface area contributed by atoms with E-state index in [0.29, 0.717) is 14.9 Å². The number of thiol groups is 1. The predicted molar refractivity (Wildman–Crippen MR) is 59.3 cm³/mol. The van der Waals surface area contributed by atoms with E-state index < -0.39 is 4.92 Å². The third-order valence-electron chi connectivity index (χ3n) is 1.75. The summed E-state index contributed by atoms with van der Waals surface area (Å²) >= 11 is 5.23. The van der Waals surface area contributed by atoms with E-state index in [1.54, 1.807) is 18.2 Å². The standard InChI is InChI=1S/C8H5N3O2S2/c12-11(13)6-4-2-1-3-5(6)7-9-10-8(14)15-7/h1-4H,(H,10,14). The summed E-state index contributed by atoms with van der Waals surface area (Å²) in [4.78, 5) is 10.3. The number of benzene rings is 1. The third-order valence-corrected chi connectivity index (χ3v) is 2.87. The lowest BCUT2D eigenvalue weighted by atomic mass is 10.2. The number of nitro benzene ring substituents is 1. The zero-order valence-electron chi connectivity index (χ0n) is 7.32. The maximum atomic E-state index is 10.7. The van der Waals surface area contributed by atoms with E-state index in [1.807, 2.05) is 0 Å². The average molecular weight is 239 g/mol. The van der Waals surface area contributed by atoms with Crippen molar-refractivity contribution < 1.29 is 4.92 Å². The molecule has 0 aliphatic heterocycles. The number of para-hydroxylation sites is 1. The average Bonchev–Trinajstić information content (AvgIpc) is 2.65. The minimum atomic E-state index is -0.436. The smallest absolute Gasteiger partial charge is 0.258 e. The van der Waals surface area contributed by atoms with Crippen LogP contribution in [0.5, 0.6) is 0 Å². The molecule has 0 amide bonds. The van der Waals surface area contributed by atoms with E-state index >= 15 is 0 Å². The molecule has 0 aliphatic rings. The Kier molecular flexibility index (Phi) is 2.65. The minimum Gasteiger partial charge on any atom is -0.258 e. The van der Waals surface area contributed by atoms with Crippen molar-refractivity contribution in [3.05, 3.63) is 34.4 Å². The second-order valence-corrected chi connectivity index (χ2v) is 4.37. The molecule has 0 unspecified atom stereocenters. The molecule has 0 atom stereocenters. The van der Waals surface area contributed by atoms with Gasteiger partial charge in [-0.3, -0.25) is 10.1 Å². The van der Waals surface area contributed by atoms with E-state index in [0.717, 1.165) is 0 Å². The molecule has 0 aliphatic carbocycles. The van der Waals surface area contributed by atoms with Crippen LogP contribution in [-0.2, 0) is 0 Å². The van der Waals surface area contributed by atoms with Gasteiger partial charge in [0.2, 0.25) is 0 Å². The molecule has 2 rings (SSSR count). The van der Waals surface area contributed by atoms with Gasteiger partial charge in [-0.2, -0.15) is 0 Å². The normalized spacial score (nSPS) is 10.2. The van der Waals surface area contributed by atoms with Crippen molar-refractivity contribution >= 4 is 29.7 Å². The second kappa shape index (κ2) is 3.95. The van der Waals surface area contributed by atoms with Crippen molar-refractivity contribution in [1.82, 2.24) is 10.2 Å². The van der Waals surface area contributed by atoms with Gasteiger partial charge in [0.1, 0.15) is 0 Å². The molecule has 0 spiro atoms. The maximum Gasteiger partial charge on any atom is 0.279 e. The summed E-state index contributed by atoms with van der Waals surface area (Å²) in [6, 6.07) is 6.42. The van der Waals surface area contributed by atoms with Crippen LogP contribution in [0.15, 0.2) is 28.6 Å². The van der Waals surface area contributed by atoms with Crippen LogP contribution in [0.25, 0.3) is 10.6 Å².